The topological polar surface area (TPSA) is 129 Å². The van der Waals surface area contributed by atoms with Crippen LogP contribution in [0.1, 0.15) is 48.8 Å². The van der Waals surface area contributed by atoms with Crippen molar-refractivity contribution in [2.24, 2.45) is 23.7 Å². The number of halogens is 5. The van der Waals surface area contributed by atoms with Crippen LogP contribution in [0, 0.1) is 23.7 Å². The average Bonchev–Trinajstić information content (AvgIpc) is 3.46. The van der Waals surface area contributed by atoms with E-state index in [1.165, 1.54) is 18.1 Å². The second-order valence-electron chi connectivity index (χ2n) is 13.1. The van der Waals surface area contributed by atoms with E-state index >= 15 is 4.79 Å². The molecule has 4 amide bonds. The SMILES string of the molecule is CCCN1C(=O)[C@H]2[C@H](CC=C3[C@H]2C[C@H]2C(=O)N(Nc4ncc(C(F)(F)F)cc4Cl)C(=O)[C@@]2(c2ccc(Cl)cc2)[C@H]3c2cccc(OC)c2O)C1=O. The van der Waals surface area contributed by atoms with Crippen LogP contribution in [0.5, 0.6) is 11.5 Å². The Labute approximate surface area is 300 Å². The Bertz CT molecular complexity index is 2010. The normalized spacial score (nSPS) is 27.3. The molecule has 2 aliphatic carbocycles. The number of rotatable bonds is 7. The second-order valence-corrected chi connectivity index (χ2v) is 14.0. The molecule has 2 saturated heterocycles. The van der Waals surface area contributed by atoms with Crippen LogP contribution in [0.2, 0.25) is 10.0 Å². The smallest absolute Gasteiger partial charge is 0.417 e. The van der Waals surface area contributed by atoms with E-state index in [2.05, 4.69) is 10.4 Å². The van der Waals surface area contributed by atoms with Gasteiger partial charge in [0.25, 0.3) is 11.8 Å². The third kappa shape index (κ3) is 5.18. The summed E-state index contributed by atoms with van der Waals surface area (Å²) in [6.07, 6.45) is -1.67. The Morgan fingerprint density at radius 2 is 1.76 bits per heavy atom. The van der Waals surface area contributed by atoms with Crippen LogP contribution in [0.15, 0.2) is 66.4 Å². The number of amides is 4. The summed E-state index contributed by atoms with van der Waals surface area (Å²) in [6.45, 7) is 2.10. The Morgan fingerprint density at radius 1 is 1.04 bits per heavy atom. The van der Waals surface area contributed by atoms with Gasteiger partial charge in [0.15, 0.2) is 17.3 Å². The number of allylic oxidation sites excluding steroid dienone is 2. The van der Waals surface area contributed by atoms with Crippen LogP contribution in [-0.2, 0) is 30.8 Å². The molecule has 2 aromatic carbocycles. The number of carbonyl (C=O) groups is 4. The molecule has 2 N–H and O–H groups in total. The van der Waals surface area contributed by atoms with Gasteiger partial charge < -0.3 is 9.84 Å². The van der Waals surface area contributed by atoms with Crippen molar-refractivity contribution in [3.05, 3.63) is 93.1 Å². The predicted octanol–water partition coefficient (Wildman–Crippen LogP) is 6.52. The summed E-state index contributed by atoms with van der Waals surface area (Å²) in [5.41, 5.74) is 0.862. The highest BCUT2D eigenvalue weighted by atomic mass is 35.5. The van der Waals surface area contributed by atoms with Gasteiger partial charge in [-0.15, -0.1) is 0 Å². The number of phenols is 1. The van der Waals surface area contributed by atoms with Crippen LogP contribution in [0.4, 0.5) is 19.0 Å². The maximum absolute atomic E-state index is 15.2. The molecule has 15 heteroatoms. The van der Waals surface area contributed by atoms with Crippen LogP contribution in [0.25, 0.3) is 0 Å². The average molecular weight is 744 g/mol. The van der Waals surface area contributed by atoms with Crippen LogP contribution < -0.4 is 10.2 Å². The standard InChI is InChI=1S/C36H31Cl2F3N4O6/c1-3-13-44-31(47)21-12-11-20-23(27(21)33(44)49)15-24-32(48)45(43-30-25(38)14-18(16-42-30)36(39,40)41)34(50)35(24,17-7-9-19(37)10-8-17)28(20)22-5-4-6-26(51-2)29(22)46/h4-11,14,16,21,23-24,27-28,46H,3,12-13,15H2,1-2H3,(H,42,43)/t21-,23+,24-,27-,28+,35+/m0/s1. The van der Waals surface area contributed by atoms with E-state index in [-0.39, 0.29) is 54.1 Å². The molecule has 1 saturated carbocycles. The number of hydrogen-bond acceptors (Lipinski definition) is 8. The summed E-state index contributed by atoms with van der Waals surface area (Å²) in [5.74, 6) is -7.24. The Hall–Kier alpha value is -4.62. The minimum Gasteiger partial charge on any atom is -0.504 e. The number of ether oxygens (including phenoxy) is 1. The van der Waals surface area contributed by atoms with Crippen molar-refractivity contribution in [1.29, 1.82) is 0 Å². The summed E-state index contributed by atoms with van der Waals surface area (Å²) in [6, 6.07) is 11.7. The van der Waals surface area contributed by atoms with Crippen molar-refractivity contribution in [3.8, 4) is 11.5 Å². The number of hydrogen-bond donors (Lipinski definition) is 2. The lowest BCUT2D eigenvalue weighted by Gasteiger charge is -2.50. The second kappa shape index (κ2) is 12.6. The number of benzene rings is 2. The molecule has 7 rings (SSSR count). The molecule has 266 valence electrons. The van der Waals surface area contributed by atoms with Crippen LogP contribution in [-0.4, -0.2) is 57.3 Å². The minimum atomic E-state index is -4.75. The third-order valence-corrected chi connectivity index (χ3v) is 11.2. The number of methoxy groups -OCH3 is 1. The van der Waals surface area contributed by atoms with Gasteiger partial charge in [0.05, 0.1) is 40.9 Å². The highest BCUT2D eigenvalue weighted by Gasteiger charge is 2.70. The zero-order valence-corrected chi connectivity index (χ0v) is 28.7. The van der Waals surface area contributed by atoms with Gasteiger partial charge in [-0.2, -0.15) is 18.2 Å². The number of para-hydroxylation sites is 1. The van der Waals surface area contributed by atoms with E-state index in [1.54, 1.807) is 36.4 Å². The lowest BCUT2D eigenvalue weighted by atomic mass is 9.49. The molecule has 3 fully saturated rings. The Balaban J connectivity index is 1.45. The molecule has 10 nitrogen and oxygen atoms in total. The van der Waals surface area contributed by atoms with Crippen molar-refractivity contribution < 1.29 is 42.2 Å². The first-order valence-electron chi connectivity index (χ1n) is 16.3. The molecule has 0 unspecified atom stereocenters. The van der Waals surface area contributed by atoms with Crippen molar-refractivity contribution in [2.75, 3.05) is 19.1 Å². The predicted molar refractivity (Wildman–Crippen MR) is 179 cm³/mol. The summed E-state index contributed by atoms with van der Waals surface area (Å²) in [4.78, 5) is 62.5. The van der Waals surface area contributed by atoms with Crippen molar-refractivity contribution in [2.45, 2.75) is 43.7 Å². The van der Waals surface area contributed by atoms with Crippen molar-refractivity contribution in [3.63, 3.8) is 0 Å². The molecule has 0 radical (unpaired) electrons. The molecule has 0 spiro atoms. The summed E-state index contributed by atoms with van der Waals surface area (Å²) >= 11 is 12.5. The zero-order chi connectivity index (χ0) is 36.6. The molecule has 2 aliphatic heterocycles. The number of aromatic hydroxyl groups is 1. The monoisotopic (exact) mass is 742 g/mol. The van der Waals surface area contributed by atoms with Gasteiger partial charge in [-0.05, 0) is 55.0 Å². The molecule has 3 heterocycles. The van der Waals surface area contributed by atoms with Gasteiger partial charge >= 0.3 is 6.18 Å². The molecule has 4 aliphatic rings. The number of imide groups is 2. The lowest BCUT2D eigenvalue weighted by molar-refractivity contribution is -0.141. The van der Waals surface area contributed by atoms with Gasteiger partial charge in [-0.3, -0.25) is 29.5 Å². The van der Waals surface area contributed by atoms with Crippen molar-refractivity contribution in [1.82, 2.24) is 14.9 Å². The summed E-state index contributed by atoms with van der Waals surface area (Å²) < 4.78 is 45.7. The number of alkyl halides is 3. The fourth-order valence-corrected chi connectivity index (χ4v) is 8.91. The number of likely N-dealkylation sites (tertiary alicyclic amines) is 1. The van der Waals surface area contributed by atoms with E-state index < -0.39 is 63.6 Å². The maximum Gasteiger partial charge on any atom is 0.417 e. The molecule has 51 heavy (non-hydrogen) atoms. The number of aromatic nitrogens is 1. The van der Waals surface area contributed by atoms with Gasteiger partial charge in [-0.25, -0.2) is 4.98 Å². The number of carbonyl (C=O) groups excluding carboxylic acids is 4. The fraction of sp³-hybridized carbons (Fsp3) is 0.361. The highest BCUT2D eigenvalue weighted by Crippen LogP contribution is 2.65. The quantitative estimate of drug-likeness (QED) is 0.207. The van der Waals surface area contributed by atoms with E-state index in [0.717, 1.165) is 0 Å². The zero-order valence-electron chi connectivity index (χ0n) is 27.2. The lowest BCUT2D eigenvalue weighted by Crippen LogP contribution is -2.53. The number of pyridine rings is 1. The largest absolute Gasteiger partial charge is 0.504 e. The summed E-state index contributed by atoms with van der Waals surface area (Å²) in [5, 5.41) is 12.2. The Morgan fingerprint density at radius 3 is 2.41 bits per heavy atom. The molecule has 0 bridgehead atoms. The first kappa shape index (κ1) is 34.8. The fourth-order valence-electron chi connectivity index (χ4n) is 8.57. The van der Waals surface area contributed by atoms with Gasteiger partial charge in [0.1, 0.15) is 0 Å². The maximum atomic E-state index is 15.2. The third-order valence-electron chi connectivity index (χ3n) is 10.7. The van der Waals surface area contributed by atoms with E-state index in [9.17, 15) is 32.7 Å². The first-order valence-corrected chi connectivity index (χ1v) is 17.1. The van der Waals surface area contributed by atoms with E-state index in [1.807, 2.05) is 13.0 Å². The molecular formula is C36H31Cl2F3N4O6. The summed E-state index contributed by atoms with van der Waals surface area (Å²) in [7, 11) is 1.37. The number of anilines is 1. The van der Waals surface area contributed by atoms with Crippen LogP contribution >= 0.6 is 23.2 Å². The van der Waals surface area contributed by atoms with Crippen molar-refractivity contribution >= 4 is 52.6 Å². The Kier molecular flexibility index (Phi) is 8.57. The number of nitrogens with one attached hydrogen (secondary N) is 1. The molecule has 6 atom stereocenters. The van der Waals surface area contributed by atoms with E-state index in [4.69, 9.17) is 27.9 Å². The van der Waals surface area contributed by atoms with Crippen LogP contribution in [0.3, 0.4) is 0 Å². The van der Waals surface area contributed by atoms with Gasteiger partial charge in [0, 0.05) is 29.2 Å². The minimum absolute atomic E-state index is 0.0350. The van der Waals surface area contributed by atoms with E-state index in [0.29, 0.717) is 39.9 Å². The molecular weight excluding hydrogens is 712 g/mol. The number of fused-ring (bicyclic) bond motifs is 4. The molecule has 3 aromatic rings. The van der Waals surface area contributed by atoms with Gasteiger partial charge in [0.2, 0.25) is 11.8 Å². The van der Waals surface area contributed by atoms with Gasteiger partial charge in [-0.1, -0.05) is 66.0 Å². The highest BCUT2D eigenvalue weighted by molar-refractivity contribution is 6.33. The number of hydrazine groups is 1. The molecule has 1 aromatic heterocycles. The number of phenolic OH excluding ortho intramolecular Hbond substituents is 1. The number of nitrogens with zero attached hydrogens (tertiary/aromatic N) is 3. The first-order chi connectivity index (χ1) is 24.2.